The zero-order chi connectivity index (χ0) is 13.6. The minimum Gasteiger partial charge on any atom is -0.491 e. The molecule has 1 aromatic carbocycles. The summed E-state index contributed by atoms with van der Waals surface area (Å²) in [5, 5.41) is 13.1. The summed E-state index contributed by atoms with van der Waals surface area (Å²) in [5.74, 6) is 0.823. The molecule has 0 aliphatic rings. The topological polar surface area (TPSA) is 41.5 Å². The molecule has 0 fully saturated rings. The van der Waals surface area contributed by atoms with Crippen molar-refractivity contribution in [3.63, 3.8) is 0 Å². The van der Waals surface area contributed by atoms with Gasteiger partial charge in [-0.2, -0.15) is 0 Å². The lowest BCUT2D eigenvalue weighted by Gasteiger charge is -2.23. The molecule has 0 saturated heterocycles. The van der Waals surface area contributed by atoms with Crippen molar-refractivity contribution in [1.82, 2.24) is 5.32 Å². The van der Waals surface area contributed by atoms with Crippen molar-refractivity contribution < 1.29 is 9.84 Å². The van der Waals surface area contributed by atoms with Crippen LogP contribution in [0.3, 0.4) is 0 Å². The molecule has 1 unspecified atom stereocenters. The molecule has 1 aromatic rings. The number of nitrogens with one attached hydrogen (secondary N) is 1. The molecular formula is C15H25NO2. The number of aliphatic hydroxyl groups is 1. The highest BCUT2D eigenvalue weighted by molar-refractivity contribution is 5.28. The third-order valence-electron chi connectivity index (χ3n) is 2.62. The SMILES string of the molecule is CCc1cccc(OCC(O)CNC(C)(C)C)c1. The summed E-state index contributed by atoms with van der Waals surface area (Å²) in [4.78, 5) is 0. The second-order valence-electron chi connectivity index (χ2n) is 5.60. The molecule has 0 radical (unpaired) electrons. The zero-order valence-electron chi connectivity index (χ0n) is 11.9. The van der Waals surface area contributed by atoms with Crippen molar-refractivity contribution in [3.05, 3.63) is 29.8 Å². The van der Waals surface area contributed by atoms with Gasteiger partial charge in [0, 0.05) is 12.1 Å². The maximum atomic E-state index is 9.81. The molecule has 1 rings (SSSR count). The standard InChI is InChI=1S/C15H25NO2/c1-5-12-7-6-8-14(9-12)18-11-13(17)10-16-15(2,3)4/h6-9,13,16-17H,5,10-11H2,1-4H3. The summed E-state index contributed by atoms with van der Waals surface area (Å²) in [6, 6.07) is 7.99. The van der Waals surface area contributed by atoms with E-state index in [-0.39, 0.29) is 5.54 Å². The van der Waals surface area contributed by atoms with Crippen LogP contribution < -0.4 is 10.1 Å². The first kappa shape index (κ1) is 15.0. The van der Waals surface area contributed by atoms with E-state index in [1.54, 1.807) is 0 Å². The normalized spacial score (nSPS) is 13.4. The Balaban J connectivity index is 2.35. The van der Waals surface area contributed by atoms with Crippen LogP contribution in [0, 0.1) is 0 Å². The van der Waals surface area contributed by atoms with Crippen molar-refractivity contribution in [3.8, 4) is 5.75 Å². The smallest absolute Gasteiger partial charge is 0.119 e. The van der Waals surface area contributed by atoms with E-state index >= 15 is 0 Å². The maximum Gasteiger partial charge on any atom is 0.119 e. The molecular weight excluding hydrogens is 226 g/mol. The Morgan fingerprint density at radius 1 is 1.33 bits per heavy atom. The van der Waals surface area contributed by atoms with Gasteiger partial charge in [-0.05, 0) is 44.9 Å². The van der Waals surface area contributed by atoms with E-state index < -0.39 is 6.10 Å². The Morgan fingerprint density at radius 3 is 2.67 bits per heavy atom. The molecule has 0 aromatic heterocycles. The van der Waals surface area contributed by atoms with E-state index in [2.05, 4.69) is 39.1 Å². The molecule has 0 bridgehead atoms. The van der Waals surface area contributed by atoms with E-state index in [1.807, 2.05) is 18.2 Å². The number of aliphatic hydroxyl groups excluding tert-OH is 1. The molecule has 0 aliphatic carbocycles. The van der Waals surface area contributed by atoms with Gasteiger partial charge in [0.15, 0.2) is 0 Å². The predicted molar refractivity (Wildman–Crippen MR) is 75.1 cm³/mol. The van der Waals surface area contributed by atoms with Crippen molar-refractivity contribution >= 4 is 0 Å². The van der Waals surface area contributed by atoms with Gasteiger partial charge in [-0.1, -0.05) is 19.1 Å². The molecule has 2 N–H and O–H groups in total. The molecule has 18 heavy (non-hydrogen) atoms. The minimum absolute atomic E-state index is 0.0170. The summed E-state index contributed by atoms with van der Waals surface area (Å²) in [6.45, 7) is 9.19. The lowest BCUT2D eigenvalue weighted by molar-refractivity contribution is 0.100. The van der Waals surface area contributed by atoms with Gasteiger partial charge < -0.3 is 15.2 Å². The van der Waals surface area contributed by atoms with Crippen molar-refractivity contribution in [2.24, 2.45) is 0 Å². The highest BCUT2D eigenvalue weighted by Crippen LogP contribution is 2.13. The summed E-state index contributed by atoms with van der Waals surface area (Å²) >= 11 is 0. The fourth-order valence-electron chi connectivity index (χ4n) is 1.53. The third-order valence-corrected chi connectivity index (χ3v) is 2.62. The lowest BCUT2D eigenvalue weighted by atomic mass is 10.1. The number of rotatable bonds is 6. The van der Waals surface area contributed by atoms with Crippen molar-refractivity contribution in [2.75, 3.05) is 13.2 Å². The van der Waals surface area contributed by atoms with Crippen LogP contribution in [-0.2, 0) is 6.42 Å². The summed E-state index contributed by atoms with van der Waals surface area (Å²) in [5.41, 5.74) is 1.26. The molecule has 0 saturated carbocycles. The Labute approximate surface area is 110 Å². The average molecular weight is 251 g/mol. The van der Waals surface area contributed by atoms with E-state index in [0.717, 1.165) is 12.2 Å². The number of hydrogen-bond acceptors (Lipinski definition) is 3. The first-order valence-electron chi connectivity index (χ1n) is 6.55. The van der Waals surface area contributed by atoms with Gasteiger partial charge in [0.2, 0.25) is 0 Å². The van der Waals surface area contributed by atoms with Crippen LogP contribution in [0.5, 0.6) is 5.75 Å². The van der Waals surface area contributed by atoms with E-state index in [0.29, 0.717) is 13.2 Å². The van der Waals surface area contributed by atoms with Crippen LogP contribution in [0.2, 0.25) is 0 Å². The van der Waals surface area contributed by atoms with E-state index in [1.165, 1.54) is 5.56 Å². The van der Waals surface area contributed by atoms with Crippen molar-refractivity contribution in [2.45, 2.75) is 45.8 Å². The number of benzene rings is 1. The Hall–Kier alpha value is -1.06. The molecule has 102 valence electrons. The minimum atomic E-state index is -0.491. The second-order valence-corrected chi connectivity index (χ2v) is 5.60. The maximum absolute atomic E-state index is 9.81. The third kappa shape index (κ3) is 6.03. The van der Waals surface area contributed by atoms with Gasteiger partial charge >= 0.3 is 0 Å². The van der Waals surface area contributed by atoms with E-state index in [4.69, 9.17) is 4.74 Å². The number of β-amino-alcohol motifs (C(OH)–C–C–N with tert-alkyl or cyclic N) is 1. The Kier molecular flexibility index (Phi) is 5.63. The van der Waals surface area contributed by atoms with Crippen LogP contribution in [0.4, 0.5) is 0 Å². The summed E-state index contributed by atoms with van der Waals surface area (Å²) in [7, 11) is 0. The monoisotopic (exact) mass is 251 g/mol. The number of ether oxygens (including phenoxy) is 1. The quantitative estimate of drug-likeness (QED) is 0.815. The average Bonchev–Trinajstić information content (AvgIpc) is 2.33. The van der Waals surface area contributed by atoms with Crippen LogP contribution in [-0.4, -0.2) is 29.9 Å². The number of hydrogen-bond donors (Lipinski definition) is 2. The second kappa shape index (κ2) is 6.76. The van der Waals surface area contributed by atoms with Gasteiger partial charge in [0.25, 0.3) is 0 Å². The van der Waals surface area contributed by atoms with Crippen LogP contribution in [0.15, 0.2) is 24.3 Å². The summed E-state index contributed by atoms with van der Waals surface area (Å²) in [6.07, 6.45) is 0.500. The van der Waals surface area contributed by atoms with Crippen LogP contribution in [0.1, 0.15) is 33.3 Å². The first-order chi connectivity index (χ1) is 8.40. The van der Waals surface area contributed by atoms with Gasteiger partial charge in [0.05, 0.1) is 0 Å². The molecule has 3 heteroatoms. The van der Waals surface area contributed by atoms with Gasteiger partial charge in [-0.25, -0.2) is 0 Å². The molecule has 0 heterocycles. The first-order valence-corrected chi connectivity index (χ1v) is 6.55. The highest BCUT2D eigenvalue weighted by atomic mass is 16.5. The molecule has 0 aliphatic heterocycles. The molecule has 3 nitrogen and oxygen atoms in total. The summed E-state index contributed by atoms with van der Waals surface area (Å²) < 4.78 is 5.59. The molecule has 0 spiro atoms. The molecule has 0 amide bonds. The lowest BCUT2D eigenvalue weighted by Crippen LogP contribution is -2.42. The fourth-order valence-corrected chi connectivity index (χ4v) is 1.53. The van der Waals surface area contributed by atoms with Crippen LogP contribution >= 0.6 is 0 Å². The molecule has 1 atom stereocenters. The number of aryl methyl sites for hydroxylation is 1. The predicted octanol–water partition coefficient (Wildman–Crippen LogP) is 2.38. The van der Waals surface area contributed by atoms with Gasteiger partial charge in [-0.15, -0.1) is 0 Å². The van der Waals surface area contributed by atoms with E-state index in [9.17, 15) is 5.11 Å². The zero-order valence-corrected chi connectivity index (χ0v) is 11.9. The van der Waals surface area contributed by atoms with Crippen molar-refractivity contribution in [1.29, 1.82) is 0 Å². The fraction of sp³-hybridized carbons (Fsp3) is 0.600. The Morgan fingerprint density at radius 2 is 2.06 bits per heavy atom. The highest BCUT2D eigenvalue weighted by Gasteiger charge is 2.12. The van der Waals surface area contributed by atoms with Gasteiger partial charge in [-0.3, -0.25) is 0 Å². The van der Waals surface area contributed by atoms with Crippen LogP contribution in [0.25, 0.3) is 0 Å². The van der Waals surface area contributed by atoms with Gasteiger partial charge in [0.1, 0.15) is 18.5 Å². The largest absolute Gasteiger partial charge is 0.491 e. The Bertz CT molecular complexity index is 358.